The summed E-state index contributed by atoms with van der Waals surface area (Å²) in [5, 5.41) is 11.9. The van der Waals surface area contributed by atoms with Crippen LogP contribution in [0.2, 0.25) is 5.02 Å². The molecular weight excluding hydrogens is 276 g/mol. The van der Waals surface area contributed by atoms with E-state index < -0.39 is 0 Å². The predicted octanol–water partition coefficient (Wildman–Crippen LogP) is 2.91. The summed E-state index contributed by atoms with van der Waals surface area (Å²) in [5.41, 5.74) is 1.56. The molecule has 0 saturated carbocycles. The first-order valence-corrected chi connectivity index (χ1v) is 6.38. The summed E-state index contributed by atoms with van der Waals surface area (Å²) in [5.74, 6) is 0. The molecule has 4 aromatic rings. The van der Waals surface area contributed by atoms with Gasteiger partial charge in [0, 0.05) is 17.8 Å². The van der Waals surface area contributed by atoms with E-state index in [-0.39, 0.29) is 0 Å². The summed E-state index contributed by atoms with van der Waals surface area (Å²) < 4.78 is 1.06. The van der Waals surface area contributed by atoms with Gasteiger partial charge >= 0.3 is 5.65 Å². The molecule has 20 heavy (non-hydrogen) atoms. The van der Waals surface area contributed by atoms with Gasteiger partial charge < -0.3 is 10.2 Å². The number of H-pyrrole nitrogens is 2. The number of hydrogen-bond acceptors (Lipinski definition) is 2. The van der Waals surface area contributed by atoms with Gasteiger partial charge in [0.05, 0.1) is 16.6 Å². The van der Waals surface area contributed by atoms with Gasteiger partial charge in [-0.15, -0.1) is 0 Å². The van der Waals surface area contributed by atoms with Crippen LogP contribution in [0.5, 0.6) is 0 Å². The van der Waals surface area contributed by atoms with Gasteiger partial charge in [0.25, 0.3) is 0 Å². The first-order valence-electron chi connectivity index (χ1n) is 6.00. The van der Waals surface area contributed by atoms with Crippen LogP contribution in [0.15, 0.2) is 55.1 Å². The van der Waals surface area contributed by atoms with Crippen molar-refractivity contribution in [1.29, 1.82) is 0 Å². The topological polar surface area (TPSA) is 68.6 Å². The number of nitrogens with one attached hydrogen (secondary N) is 2. The van der Waals surface area contributed by atoms with E-state index in [0.29, 0.717) is 0 Å². The number of aromatic amines is 2. The number of pyridine rings is 2. The van der Waals surface area contributed by atoms with Crippen LogP contribution in [-0.4, -0.2) is 20.2 Å². The molecule has 0 amide bonds. The molecule has 0 saturated heterocycles. The molecule has 0 aliphatic rings. The van der Waals surface area contributed by atoms with Crippen molar-refractivity contribution in [3.63, 3.8) is 0 Å². The maximum Gasteiger partial charge on any atom is 0.325 e. The van der Waals surface area contributed by atoms with Crippen LogP contribution in [-0.2, 0) is 0 Å². The Hall–Kier alpha value is -2.53. The van der Waals surface area contributed by atoms with Crippen LogP contribution in [0, 0.1) is 0 Å². The van der Waals surface area contributed by atoms with Crippen molar-refractivity contribution in [3.8, 4) is 0 Å². The highest BCUT2D eigenvalue weighted by Gasteiger charge is 2.03. The highest BCUT2D eigenvalue weighted by molar-refractivity contribution is 6.35. The fourth-order valence-electron chi connectivity index (χ4n) is 1.94. The molecule has 6 heteroatoms. The molecule has 4 rings (SSSR count). The standard InChI is InChI=1S/C7H5ClN2.C7H6N2O/c8-6-2-4-10-7-5(6)1-3-9-7;10-9-5-1-2-6-3-4-8-7(6)9/h1-4H,(H,9,10);1-5,10H/p+1. The Morgan fingerprint density at radius 3 is 2.75 bits per heavy atom. The van der Waals surface area contributed by atoms with Crippen molar-refractivity contribution in [3.05, 3.63) is 60.1 Å². The third-order valence-electron chi connectivity index (χ3n) is 2.90. The molecule has 4 heterocycles. The molecule has 4 aromatic heterocycles. The smallest absolute Gasteiger partial charge is 0.325 e. The zero-order valence-corrected chi connectivity index (χ0v) is 11.2. The van der Waals surface area contributed by atoms with Crippen LogP contribution in [0.1, 0.15) is 0 Å². The average molecular weight is 288 g/mol. The van der Waals surface area contributed by atoms with Gasteiger partial charge in [-0.25, -0.2) is 9.97 Å². The first kappa shape index (κ1) is 12.5. The molecule has 0 aliphatic carbocycles. The number of halogens is 1. The molecule has 0 radical (unpaired) electrons. The summed E-state index contributed by atoms with van der Waals surface area (Å²) in [6, 6.07) is 9.30. The summed E-state index contributed by atoms with van der Waals surface area (Å²) >= 11 is 5.84. The van der Waals surface area contributed by atoms with Gasteiger partial charge in [0.2, 0.25) is 0 Å². The van der Waals surface area contributed by atoms with Gasteiger partial charge in [-0.1, -0.05) is 16.3 Å². The Kier molecular flexibility index (Phi) is 3.26. The van der Waals surface area contributed by atoms with Crippen LogP contribution >= 0.6 is 11.6 Å². The van der Waals surface area contributed by atoms with Crippen molar-refractivity contribution >= 4 is 33.7 Å². The number of rotatable bonds is 0. The van der Waals surface area contributed by atoms with Crippen molar-refractivity contribution in [2.45, 2.75) is 0 Å². The number of fused-ring (bicyclic) bond motifs is 2. The van der Waals surface area contributed by atoms with Gasteiger partial charge in [0.15, 0.2) is 0 Å². The monoisotopic (exact) mass is 287 g/mol. The number of hydrogen-bond donors (Lipinski definition) is 3. The molecular formula is C14H12ClN4O+. The highest BCUT2D eigenvalue weighted by Crippen LogP contribution is 2.19. The van der Waals surface area contributed by atoms with Gasteiger partial charge in [-0.2, -0.15) is 0 Å². The second kappa shape index (κ2) is 5.22. The molecule has 0 bridgehead atoms. The molecule has 0 spiro atoms. The average Bonchev–Trinajstić information content (AvgIpc) is 3.08. The van der Waals surface area contributed by atoms with Crippen molar-refractivity contribution in [2.24, 2.45) is 0 Å². The normalized spacial score (nSPS) is 10.4. The quantitative estimate of drug-likeness (QED) is 0.344. The van der Waals surface area contributed by atoms with Crippen molar-refractivity contribution in [1.82, 2.24) is 15.0 Å². The fraction of sp³-hybridized carbons (Fsp3) is 0. The molecule has 100 valence electrons. The Labute approximate surface area is 119 Å². The molecule has 0 aromatic carbocycles. The SMILES string of the molecule is Clc1ccnc2[nH]ccc12.O[n+]1cccc2cc[nH]c21. The van der Waals surface area contributed by atoms with E-state index in [2.05, 4.69) is 15.0 Å². The Morgan fingerprint density at radius 1 is 1.10 bits per heavy atom. The van der Waals surface area contributed by atoms with E-state index in [1.165, 1.54) is 0 Å². The lowest BCUT2D eigenvalue weighted by atomic mass is 10.3. The van der Waals surface area contributed by atoms with Crippen LogP contribution in [0.3, 0.4) is 0 Å². The van der Waals surface area contributed by atoms with Gasteiger partial charge in [-0.05, 0) is 30.3 Å². The molecule has 3 N–H and O–H groups in total. The molecule has 5 nitrogen and oxygen atoms in total. The van der Waals surface area contributed by atoms with E-state index in [1.807, 2.05) is 24.4 Å². The lowest BCUT2D eigenvalue weighted by Gasteiger charge is -1.89. The molecule has 0 aliphatic heterocycles. The van der Waals surface area contributed by atoms with Crippen LogP contribution in [0.4, 0.5) is 0 Å². The van der Waals surface area contributed by atoms with E-state index in [9.17, 15) is 0 Å². The minimum atomic E-state index is 0.725. The predicted molar refractivity (Wildman–Crippen MR) is 76.8 cm³/mol. The highest BCUT2D eigenvalue weighted by atomic mass is 35.5. The molecule has 0 unspecified atom stereocenters. The lowest BCUT2D eigenvalue weighted by Crippen LogP contribution is -2.29. The second-order valence-electron chi connectivity index (χ2n) is 4.17. The Bertz CT molecular complexity index is 780. The van der Waals surface area contributed by atoms with E-state index in [4.69, 9.17) is 16.8 Å². The minimum absolute atomic E-state index is 0.725. The van der Waals surface area contributed by atoms with Gasteiger partial charge in [-0.3, -0.25) is 0 Å². The van der Waals surface area contributed by atoms with E-state index in [1.54, 1.807) is 30.7 Å². The summed E-state index contributed by atoms with van der Waals surface area (Å²) in [4.78, 5) is 9.93. The Morgan fingerprint density at radius 2 is 1.95 bits per heavy atom. The van der Waals surface area contributed by atoms with Crippen molar-refractivity contribution in [2.75, 3.05) is 0 Å². The van der Waals surface area contributed by atoms with E-state index >= 15 is 0 Å². The van der Waals surface area contributed by atoms with E-state index in [0.717, 1.165) is 31.8 Å². The number of nitrogens with zero attached hydrogens (tertiary/aromatic N) is 2. The maximum atomic E-state index is 9.15. The molecule has 0 atom stereocenters. The first-order chi connectivity index (χ1) is 9.75. The van der Waals surface area contributed by atoms with Crippen LogP contribution in [0.25, 0.3) is 22.1 Å². The van der Waals surface area contributed by atoms with Gasteiger partial charge in [0.1, 0.15) is 11.8 Å². The molecule has 0 fully saturated rings. The summed E-state index contributed by atoms with van der Waals surface area (Å²) in [6.07, 6.45) is 6.88. The maximum absolute atomic E-state index is 9.15. The minimum Gasteiger partial charge on any atom is -0.350 e. The lowest BCUT2D eigenvalue weighted by molar-refractivity contribution is -0.885. The number of aromatic nitrogens is 4. The summed E-state index contributed by atoms with van der Waals surface area (Å²) in [7, 11) is 0. The largest absolute Gasteiger partial charge is 0.350 e. The fourth-order valence-corrected chi connectivity index (χ4v) is 2.14. The zero-order valence-electron chi connectivity index (χ0n) is 10.4. The third kappa shape index (κ3) is 2.31. The third-order valence-corrected chi connectivity index (χ3v) is 3.23. The summed E-state index contributed by atoms with van der Waals surface area (Å²) in [6.45, 7) is 0. The Balaban J connectivity index is 0.000000121. The van der Waals surface area contributed by atoms with Crippen molar-refractivity contribution < 1.29 is 9.94 Å². The zero-order chi connectivity index (χ0) is 13.9. The van der Waals surface area contributed by atoms with Crippen LogP contribution < -0.4 is 4.73 Å². The second-order valence-corrected chi connectivity index (χ2v) is 4.57.